The lowest BCUT2D eigenvalue weighted by molar-refractivity contribution is 0.0627. The van der Waals surface area contributed by atoms with Crippen molar-refractivity contribution >= 4 is 0 Å². The Balaban J connectivity index is 1.67. The van der Waals surface area contributed by atoms with E-state index >= 15 is 0 Å². The first kappa shape index (κ1) is 7.56. The average Bonchev–Trinajstić information content (AvgIpc) is 1.99. The van der Waals surface area contributed by atoms with Gasteiger partial charge in [0.05, 0.1) is 13.2 Å². The highest BCUT2D eigenvalue weighted by atomic mass is 16.5. The van der Waals surface area contributed by atoms with Crippen molar-refractivity contribution in [1.29, 1.82) is 0 Å². The molecule has 1 unspecified atom stereocenters. The van der Waals surface area contributed by atoms with Gasteiger partial charge in [0.25, 0.3) is 0 Å². The first-order valence-electron chi connectivity index (χ1n) is 4.76. The second-order valence-corrected chi connectivity index (χ2v) is 3.76. The van der Waals surface area contributed by atoms with Gasteiger partial charge in [0.15, 0.2) is 0 Å². The number of ether oxygens (including phenoxy) is 1. The Labute approximate surface area is 68.3 Å². The molecule has 1 N–H and O–H groups in total. The molecule has 0 aromatic rings. The molecule has 0 amide bonds. The van der Waals surface area contributed by atoms with Crippen molar-refractivity contribution in [3.63, 3.8) is 0 Å². The largest absolute Gasteiger partial charge is 0.379 e. The SMILES string of the molecule is C1CC(CC2COCCN2)C1. The molecule has 1 aliphatic carbocycles. The number of nitrogens with one attached hydrogen (secondary N) is 1. The van der Waals surface area contributed by atoms with Crippen LogP contribution in [-0.4, -0.2) is 25.8 Å². The maximum atomic E-state index is 5.39. The molecule has 2 fully saturated rings. The quantitative estimate of drug-likeness (QED) is 0.646. The zero-order valence-electron chi connectivity index (χ0n) is 7.01. The molecule has 2 heteroatoms. The fourth-order valence-corrected chi connectivity index (χ4v) is 1.90. The van der Waals surface area contributed by atoms with E-state index in [0.29, 0.717) is 6.04 Å². The third kappa shape index (κ3) is 1.94. The molecule has 11 heavy (non-hydrogen) atoms. The molecule has 1 saturated heterocycles. The summed E-state index contributed by atoms with van der Waals surface area (Å²) in [6.07, 6.45) is 5.72. The molecule has 2 aliphatic rings. The normalized spacial score (nSPS) is 33.3. The van der Waals surface area contributed by atoms with Crippen LogP contribution in [0.4, 0.5) is 0 Å². The van der Waals surface area contributed by atoms with E-state index in [1.807, 2.05) is 0 Å². The van der Waals surface area contributed by atoms with Crippen molar-refractivity contribution < 1.29 is 4.74 Å². The molecular weight excluding hydrogens is 138 g/mol. The molecule has 2 nitrogen and oxygen atoms in total. The molecule has 2 rings (SSSR count). The minimum absolute atomic E-state index is 0.661. The van der Waals surface area contributed by atoms with Crippen LogP contribution >= 0.6 is 0 Å². The second-order valence-electron chi connectivity index (χ2n) is 3.76. The van der Waals surface area contributed by atoms with Gasteiger partial charge in [-0.15, -0.1) is 0 Å². The first-order chi connectivity index (χ1) is 5.45. The van der Waals surface area contributed by atoms with Gasteiger partial charge in [-0.25, -0.2) is 0 Å². The van der Waals surface area contributed by atoms with Crippen molar-refractivity contribution in [3.05, 3.63) is 0 Å². The van der Waals surface area contributed by atoms with E-state index in [1.165, 1.54) is 25.7 Å². The van der Waals surface area contributed by atoms with Gasteiger partial charge in [0.1, 0.15) is 0 Å². The minimum atomic E-state index is 0.661. The molecule has 0 bridgehead atoms. The van der Waals surface area contributed by atoms with Gasteiger partial charge in [0.2, 0.25) is 0 Å². The molecule has 0 aromatic carbocycles. The van der Waals surface area contributed by atoms with Crippen molar-refractivity contribution in [1.82, 2.24) is 5.32 Å². The Bertz CT molecular complexity index is 117. The molecule has 1 aliphatic heterocycles. The maximum absolute atomic E-state index is 5.39. The number of morpholine rings is 1. The Morgan fingerprint density at radius 1 is 1.36 bits per heavy atom. The van der Waals surface area contributed by atoms with Gasteiger partial charge in [-0.2, -0.15) is 0 Å². The van der Waals surface area contributed by atoms with E-state index in [0.717, 1.165) is 25.7 Å². The maximum Gasteiger partial charge on any atom is 0.0620 e. The molecule has 0 aromatic heterocycles. The standard InChI is InChI=1S/C9H17NO/c1-2-8(3-1)6-9-7-11-5-4-10-9/h8-10H,1-7H2. The summed E-state index contributed by atoms with van der Waals surface area (Å²) in [5.41, 5.74) is 0. The molecule has 1 atom stereocenters. The van der Waals surface area contributed by atoms with Gasteiger partial charge >= 0.3 is 0 Å². The summed E-state index contributed by atoms with van der Waals surface area (Å²) >= 11 is 0. The predicted molar refractivity (Wildman–Crippen MR) is 44.6 cm³/mol. The highest BCUT2D eigenvalue weighted by Crippen LogP contribution is 2.30. The minimum Gasteiger partial charge on any atom is -0.379 e. The molecule has 1 saturated carbocycles. The van der Waals surface area contributed by atoms with Crippen molar-refractivity contribution in [3.8, 4) is 0 Å². The smallest absolute Gasteiger partial charge is 0.0620 e. The monoisotopic (exact) mass is 155 g/mol. The average molecular weight is 155 g/mol. The lowest BCUT2D eigenvalue weighted by atomic mass is 9.81. The number of hydrogen-bond acceptors (Lipinski definition) is 2. The van der Waals surface area contributed by atoms with Crippen molar-refractivity contribution in [2.45, 2.75) is 31.7 Å². The zero-order chi connectivity index (χ0) is 7.52. The van der Waals surface area contributed by atoms with Crippen LogP contribution in [0.25, 0.3) is 0 Å². The lowest BCUT2D eigenvalue weighted by Gasteiger charge is -2.32. The molecule has 1 heterocycles. The number of hydrogen-bond donors (Lipinski definition) is 1. The van der Waals surface area contributed by atoms with E-state index in [2.05, 4.69) is 5.32 Å². The lowest BCUT2D eigenvalue weighted by Crippen LogP contribution is -2.42. The Kier molecular flexibility index (Phi) is 2.44. The summed E-state index contributed by atoms with van der Waals surface area (Å²) in [5.74, 6) is 1.01. The highest BCUT2D eigenvalue weighted by Gasteiger charge is 2.22. The van der Waals surface area contributed by atoms with Crippen LogP contribution in [0.2, 0.25) is 0 Å². The van der Waals surface area contributed by atoms with Gasteiger partial charge in [-0.1, -0.05) is 19.3 Å². The summed E-state index contributed by atoms with van der Waals surface area (Å²) in [6.45, 7) is 2.90. The van der Waals surface area contributed by atoms with Crippen LogP contribution in [0, 0.1) is 5.92 Å². The fraction of sp³-hybridized carbons (Fsp3) is 1.00. The fourth-order valence-electron chi connectivity index (χ4n) is 1.90. The summed E-state index contributed by atoms with van der Waals surface area (Å²) in [7, 11) is 0. The van der Waals surface area contributed by atoms with E-state index in [4.69, 9.17) is 4.74 Å². The van der Waals surface area contributed by atoms with Crippen LogP contribution in [0.3, 0.4) is 0 Å². The van der Waals surface area contributed by atoms with Crippen LogP contribution in [0.15, 0.2) is 0 Å². The topological polar surface area (TPSA) is 21.3 Å². The third-order valence-electron chi connectivity index (χ3n) is 2.84. The Morgan fingerprint density at radius 2 is 2.27 bits per heavy atom. The van der Waals surface area contributed by atoms with Crippen LogP contribution in [0.1, 0.15) is 25.7 Å². The Morgan fingerprint density at radius 3 is 2.82 bits per heavy atom. The summed E-state index contributed by atoms with van der Waals surface area (Å²) < 4.78 is 5.39. The summed E-state index contributed by atoms with van der Waals surface area (Å²) in [4.78, 5) is 0. The summed E-state index contributed by atoms with van der Waals surface area (Å²) in [6, 6.07) is 0.661. The predicted octanol–water partition coefficient (Wildman–Crippen LogP) is 1.17. The first-order valence-corrected chi connectivity index (χ1v) is 4.76. The van der Waals surface area contributed by atoms with Crippen molar-refractivity contribution in [2.24, 2.45) is 5.92 Å². The van der Waals surface area contributed by atoms with E-state index in [-0.39, 0.29) is 0 Å². The molecule has 0 radical (unpaired) electrons. The van der Waals surface area contributed by atoms with Gasteiger partial charge < -0.3 is 10.1 Å². The Hall–Kier alpha value is -0.0800. The van der Waals surface area contributed by atoms with Gasteiger partial charge in [-0.3, -0.25) is 0 Å². The molecule has 0 spiro atoms. The number of rotatable bonds is 2. The highest BCUT2D eigenvalue weighted by molar-refractivity contribution is 4.78. The third-order valence-corrected chi connectivity index (χ3v) is 2.84. The molecule has 64 valence electrons. The van der Waals surface area contributed by atoms with E-state index in [9.17, 15) is 0 Å². The van der Waals surface area contributed by atoms with E-state index in [1.54, 1.807) is 0 Å². The summed E-state index contributed by atoms with van der Waals surface area (Å²) in [5, 5.41) is 3.49. The van der Waals surface area contributed by atoms with Gasteiger partial charge in [0, 0.05) is 12.6 Å². The van der Waals surface area contributed by atoms with Crippen LogP contribution in [-0.2, 0) is 4.74 Å². The van der Waals surface area contributed by atoms with Gasteiger partial charge in [-0.05, 0) is 12.3 Å². The van der Waals surface area contributed by atoms with Crippen molar-refractivity contribution in [2.75, 3.05) is 19.8 Å². The van der Waals surface area contributed by atoms with Crippen LogP contribution in [0.5, 0.6) is 0 Å². The van der Waals surface area contributed by atoms with E-state index < -0.39 is 0 Å². The van der Waals surface area contributed by atoms with Crippen LogP contribution < -0.4 is 5.32 Å². The zero-order valence-corrected chi connectivity index (χ0v) is 7.01. The second kappa shape index (κ2) is 3.55. The molecular formula is C9H17NO.